The highest BCUT2D eigenvalue weighted by molar-refractivity contribution is 5.84. The van der Waals surface area contributed by atoms with E-state index >= 15 is 0 Å². The molecule has 34 heavy (non-hydrogen) atoms. The SMILES string of the molecule is O=C(NCCCCCC(=O)N1CCCCC1C(=O)O)OCC1c2ccccc2-c2ccccc21. The number of hydrogen-bond donors (Lipinski definition) is 2. The monoisotopic (exact) mass is 464 g/mol. The van der Waals surface area contributed by atoms with Crippen LogP contribution in [-0.2, 0) is 14.3 Å². The standard InChI is InChI=1S/C27H32N2O5/c30-25(29-17-9-7-14-24(29)26(31)32)15-2-1-8-16-28-27(33)34-18-23-21-12-5-3-10-19(21)20-11-4-6-13-22(20)23/h3-6,10-13,23-24H,1-2,7-9,14-18H2,(H,28,33)(H,31,32). The Morgan fingerprint density at radius 3 is 2.29 bits per heavy atom. The summed E-state index contributed by atoms with van der Waals surface area (Å²) >= 11 is 0. The fourth-order valence-corrected chi connectivity index (χ4v) is 5.05. The van der Waals surface area contributed by atoms with Crippen molar-refractivity contribution < 1.29 is 24.2 Å². The number of fused-ring (bicyclic) bond motifs is 3. The van der Waals surface area contributed by atoms with Gasteiger partial charge in [-0.15, -0.1) is 0 Å². The molecule has 2 aliphatic rings. The zero-order valence-electron chi connectivity index (χ0n) is 19.4. The van der Waals surface area contributed by atoms with Crippen LogP contribution in [0.15, 0.2) is 48.5 Å². The number of nitrogens with zero attached hydrogens (tertiary/aromatic N) is 1. The van der Waals surface area contributed by atoms with Gasteiger partial charge in [0, 0.05) is 25.4 Å². The predicted octanol–water partition coefficient (Wildman–Crippen LogP) is 4.55. The van der Waals surface area contributed by atoms with E-state index in [-0.39, 0.29) is 18.4 Å². The number of likely N-dealkylation sites (tertiary alicyclic amines) is 1. The van der Waals surface area contributed by atoms with Gasteiger partial charge < -0.3 is 20.1 Å². The molecule has 4 rings (SSSR count). The molecule has 180 valence electrons. The number of rotatable bonds is 9. The molecule has 1 aliphatic carbocycles. The topological polar surface area (TPSA) is 95.9 Å². The van der Waals surface area contributed by atoms with Crippen molar-refractivity contribution in [3.8, 4) is 11.1 Å². The molecule has 2 aromatic rings. The van der Waals surface area contributed by atoms with Crippen molar-refractivity contribution in [2.45, 2.75) is 56.9 Å². The van der Waals surface area contributed by atoms with Crippen molar-refractivity contribution in [1.29, 1.82) is 0 Å². The number of benzene rings is 2. The number of carboxylic acids is 1. The zero-order valence-corrected chi connectivity index (χ0v) is 19.4. The number of amides is 2. The number of nitrogens with one attached hydrogen (secondary N) is 1. The molecule has 7 heteroatoms. The number of alkyl carbamates (subject to hydrolysis) is 1. The van der Waals surface area contributed by atoms with Gasteiger partial charge >= 0.3 is 12.1 Å². The molecular weight excluding hydrogens is 432 g/mol. The van der Waals surface area contributed by atoms with E-state index in [1.165, 1.54) is 27.2 Å². The van der Waals surface area contributed by atoms with Crippen LogP contribution in [-0.4, -0.2) is 53.7 Å². The number of unbranched alkanes of at least 4 members (excludes halogenated alkanes) is 2. The summed E-state index contributed by atoms with van der Waals surface area (Å²) < 4.78 is 5.53. The molecule has 2 N–H and O–H groups in total. The Morgan fingerprint density at radius 1 is 0.941 bits per heavy atom. The van der Waals surface area contributed by atoms with Gasteiger partial charge in [-0.05, 0) is 54.4 Å². The van der Waals surface area contributed by atoms with Crippen molar-refractivity contribution >= 4 is 18.0 Å². The van der Waals surface area contributed by atoms with Crippen molar-refractivity contribution in [2.75, 3.05) is 19.7 Å². The maximum Gasteiger partial charge on any atom is 0.407 e. The maximum atomic E-state index is 12.4. The minimum absolute atomic E-state index is 0.0357. The molecule has 1 aliphatic heterocycles. The molecule has 2 amide bonds. The lowest BCUT2D eigenvalue weighted by atomic mass is 9.98. The fraction of sp³-hybridized carbons (Fsp3) is 0.444. The largest absolute Gasteiger partial charge is 0.480 e. The molecule has 1 unspecified atom stereocenters. The number of aliphatic carboxylic acids is 1. The number of carboxylic acid groups (broad SMARTS) is 1. The van der Waals surface area contributed by atoms with Crippen molar-refractivity contribution in [3.63, 3.8) is 0 Å². The lowest BCUT2D eigenvalue weighted by molar-refractivity contribution is -0.152. The van der Waals surface area contributed by atoms with E-state index in [0.29, 0.717) is 32.4 Å². The summed E-state index contributed by atoms with van der Waals surface area (Å²) in [4.78, 5) is 37.5. The Hall–Kier alpha value is -3.35. The molecule has 2 aromatic carbocycles. The maximum absolute atomic E-state index is 12.4. The Balaban J connectivity index is 1.15. The second-order valence-corrected chi connectivity index (χ2v) is 9.00. The van der Waals surface area contributed by atoms with Crippen LogP contribution in [0.25, 0.3) is 11.1 Å². The quantitative estimate of drug-likeness (QED) is 0.531. The van der Waals surface area contributed by atoms with Gasteiger partial charge in [0.05, 0.1) is 0 Å². The molecule has 1 atom stereocenters. The van der Waals surface area contributed by atoms with Gasteiger partial charge in [0.2, 0.25) is 5.91 Å². The summed E-state index contributed by atoms with van der Waals surface area (Å²) in [6.45, 7) is 1.29. The van der Waals surface area contributed by atoms with Gasteiger partial charge in [-0.3, -0.25) is 4.79 Å². The average molecular weight is 465 g/mol. The Kier molecular flexibility index (Phi) is 7.83. The molecule has 1 saturated heterocycles. The van der Waals surface area contributed by atoms with Crippen LogP contribution >= 0.6 is 0 Å². The predicted molar refractivity (Wildman–Crippen MR) is 129 cm³/mol. The second kappa shape index (κ2) is 11.2. The van der Waals surface area contributed by atoms with Crippen LogP contribution in [0.4, 0.5) is 4.79 Å². The molecule has 7 nitrogen and oxygen atoms in total. The first-order chi connectivity index (χ1) is 16.6. The lowest BCUT2D eigenvalue weighted by Crippen LogP contribution is -2.47. The Labute approximate surface area is 200 Å². The number of carbonyl (C=O) groups excluding carboxylic acids is 2. The van der Waals surface area contributed by atoms with Gasteiger partial charge in [0.1, 0.15) is 12.6 Å². The van der Waals surface area contributed by atoms with Crippen LogP contribution < -0.4 is 5.32 Å². The van der Waals surface area contributed by atoms with Gasteiger partial charge in [-0.1, -0.05) is 55.0 Å². The van der Waals surface area contributed by atoms with E-state index in [1.54, 1.807) is 0 Å². The van der Waals surface area contributed by atoms with Gasteiger partial charge in [-0.25, -0.2) is 9.59 Å². The van der Waals surface area contributed by atoms with E-state index in [0.717, 1.165) is 25.7 Å². The molecule has 0 radical (unpaired) electrons. The van der Waals surface area contributed by atoms with Crippen LogP contribution in [0.1, 0.15) is 62.0 Å². The van der Waals surface area contributed by atoms with Crippen LogP contribution in [0.3, 0.4) is 0 Å². The van der Waals surface area contributed by atoms with Gasteiger partial charge in [0.25, 0.3) is 0 Å². The van der Waals surface area contributed by atoms with E-state index < -0.39 is 18.1 Å². The lowest BCUT2D eigenvalue weighted by Gasteiger charge is -2.33. The molecule has 0 bridgehead atoms. The summed E-state index contributed by atoms with van der Waals surface area (Å²) in [5, 5.41) is 12.1. The minimum Gasteiger partial charge on any atom is -0.480 e. The van der Waals surface area contributed by atoms with E-state index in [4.69, 9.17) is 4.74 Å². The van der Waals surface area contributed by atoms with E-state index in [1.807, 2.05) is 24.3 Å². The number of piperidine rings is 1. The molecule has 1 heterocycles. The Bertz CT molecular complexity index is 992. The third-order valence-corrected chi connectivity index (χ3v) is 6.79. The third-order valence-electron chi connectivity index (χ3n) is 6.79. The van der Waals surface area contributed by atoms with Crippen LogP contribution in [0.2, 0.25) is 0 Å². The zero-order chi connectivity index (χ0) is 23.9. The highest BCUT2D eigenvalue weighted by Gasteiger charge is 2.31. The van der Waals surface area contributed by atoms with Crippen molar-refractivity contribution in [2.24, 2.45) is 0 Å². The second-order valence-electron chi connectivity index (χ2n) is 9.00. The summed E-state index contributed by atoms with van der Waals surface area (Å²) in [6.07, 6.45) is 4.34. The smallest absolute Gasteiger partial charge is 0.407 e. The van der Waals surface area contributed by atoms with E-state index in [9.17, 15) is 19.5 Å². The third kappa shape index (κ3) is 5.41. The van der Waals surface area contributed by atoms with Crippen molar-refractivity contribution in [1.82, 2.24) is 10.2 Å². The van der Waals surface area contributed by atoms with Crippen LogP contribution in [0.5, 0.6) is 0 Å². The number of ether oxygens (including phenoxy) is 1. The fourth-order valence-electron chi connectivity index (χ4n) is 5.05. The molecule has 0 spiro atoms. The number of carbonyl (C=O) groups is 3. The molecule has 1 fully saturated rings. The van der Waals surface area contributed by atoms with Gasteiger partial charge in [0.15, 0.2) is 0 Å². The van der Waals surface area contributed by atoms with Crippen molar-refractivity contribution in [3.05, 3.63) is 59.7 Å². The molecular formula is C27H32N2O5. The normalized spacial score (nSPS) is 17.1. The summed E-state index contributed by atoms with van der Waals surface area (Å²) in [5.41, 5.74) is 4.75. The average Bonchev–Trinajstić information content (AvgIpc) is 3.18. The minimum atomic E-state index is -0.916. The van der Waals surface area contributed by atoms with E-state index in [2.05, 4.69) is 29.6 Å². The summed E-state index contributed by atoms with van der Waals surface area (Å²) in [7, 11) is 0. The Morgan fingerprint density at radius 2 is 1.62 bits per heavy atom. The first-order valence-electron chi connectivity index (χ1n) is 12.2. The summed E-state index contributed by atoms with van der Waals surface area (Å²) in [6, 6.07) is 15.8. The first-order valence-corrected chi connectivity index (χ1v) is 12.2. The first kappa shape index (κ1) is 23.8. The highest BCUT2D eigenvalue weighted by Crippen LogP contribution is 2.44. The highest BCUT2D eigenvalue weighted by atomic mass is 16.5. The summed E-state index contributed by atoms with van der Waals surface area (Å²) in [5.74, 6) is -0.967. The van der Waals surface area contributed by atoms with Gasteiger partial charge in [-0.2, -0.15) is 0 Å². The number of hydrogen-bond acceptors (Lipinski definition) is 4. The molecule has 0 saturated carbocycles. The molecule has 0 aromatic heterocycles. The van der Waals surface area contributed by atoms with Crippen LogP contribution in [0, 0.1) is 0 Å².